The Hall–Kier alpha value is -2.54. The lowest BCUT2D eigenvalue weighted by Crippen LogP contribution is -2.20. The number of anilines is 1. The number of aromatic carboxylic acids is 1. The van der Waals surface area contributed by atoms with Gasteiger partial charge in [0, 0.05) is 5.02 Å². The predicted octanol–water partition coefficient (Wildman–Crippen LogP) is 6.78. The molecule has 5 nitrogen and oxygen atoms in total. The fourth-order valence-corrected chi connectivity index (χ4v) is 4.01. The number of ether oxygens (including phenoxy) is 1. The number of carboxylic acids is 1. The highest BCUT2D eigenvalue weighted by Gasteiger charge is 2.22. The van der Waals surface area contributed by atoms with Gasteiger partial charge >= 0.3 is 5.97 Å². The van der Waals surface area contributed by atoms with Gasteiger partial charge in [0.15, 0.2) is 0 Å². The molecule has 31 heavy (non-hydrogen) atoms. The summed E-state index contributed by atoms with van der Waals surface area (Å²) in [7, 11) is 0. The maximum atomic E-state index is 12.8. The summed E-state index contributed by atoms with van der Waals surface area (Å²) in [6.07, 6.45) is 0. The Bertz CT molecular complexity index is 1120. The van der Waals surface area contributed by atoms with Crippen LogP contribution in [0.15, 0.2) is 65.1 Å². The van der Waals surface area contributed by atoms with E-state index in [9.17, 15) is 14.7 Å². The van der Waals surface area contributed by atoms with Crippen LogP contribution in [0.5, 0.6) is 5.75 Å². The lowest BCUT2D eigenvalue weighted by molar-refractivity contribution is -0.117. The average molecular weight is 523 g/mol. The number of amides is 1. The van der Waals surface area contributed by atoms with Gasteiger partial charge in [0.05, 0.1) is 21.1 Å². The molecule has 0 aliphatic heterocycles. The lowest BCUT2D eigenvalue weighted by Gasteiger charge is -2.16. The first-order valence-corrected chi connectivity index (χ1v) is 10.8. The molecule has 3 aromatic carbocycles. The molecule has 0 spiro atoms. The molecular formula is C23H18BrCl2NO4. The van der Waals surface area contributed by atoms with Crippen LogP contribution in [0.1, 0.15) is 34.3 Å². The number of rotatable bonds is 7. The van der Waals surface area contributed by atoms with Crippen LogP contribution in [0.2, 0.25) is 10.0 Å². The second-order valence-electron chi connectivity index (χ2n) is 6.79. The molecule has 0 aromatic heterocycles. The fourth-order valence-electron chi connectivity index (χ4n) is 2.92. The van der Waals surface area contributed by atoms with Crippen molar-refractivity contribution < 1.29 is 19.4 Å². The number of carbonyl (C=O) groups excluding carboxylic acids is 1. The monoisotopic (exact) mass is 521 g/mol. The topological polar surface area (TPSA) is 75.6 Å². The molecule has 8 heteroatoms. The van der Waals surface area contributed by atoms with Crippen LogP contribution in [-0.2, 0) is 11.4 Å². The van der Waals surface area contributed by atoms with Gasteiger partial charge in [-0.05, 0) is 58.2 Å². The maximum absolute atomic E-state index is 12.8. The molecule has 0 aliphatic rings. The highest BCUT2D eigenvalue weighted by molar-refractivity contribution is 9.10. The minimum absolute atomic E-state index is 0.0451. The average Bonchev–Trinajstić information content (AvgIpc) is 2.72. The first-order valence-electron chi connectivity index (χ1n) is 9.25. The van der Waals surface area contributed by atoms with Gasteiger partial charge in [-0.15, -0.1) is 0 Å². The summed E-state index contributed by atoms with van der Waals surface area (Å²) in [5, 5.41) is 12.2. The van der Waals surface area contributed by atoms with Crippen molar-refractivity contribution in [3.63, 3.8) is 0 Å². The van der Waals surface area contributed by atoms with Crippen LogP contribution in [0.4, 0.5) is 5.69 Å². The molecule has 0 bridgehead atoms. The zero-order valence-electron chi connectivity index (χ0n) is 16.4. The molecule has 0 saturated carbocycles. The van der Waals surface area contributed by atoms with Gasteiger partial charge in [0.2, 0.25) is 5.91 Å². The fraction of sp³-hybridized carbons (Fsp3) is 0.130. The Kier molecular flexibility index (Phi) is 7.59. The van der Waals surface area contributed by atoms with Crippen molar-refractivity contribution in [2.24, 2.45) is 0 Å². The molecule has 0 saturated heterocycles. The van der Waals surface area contributed by atoms with E-state index in [0.717, 1.165) is 11.1 Å². The van der Waals surface area contributed by atoms with Crippen molar-refractivity contribution in [1.82, 2.24) is 0 Å². The van der Waals surface area contributed by atoms with Crippen molar-refractivity contribution in [3.8, 4) is 5.75 Å². The molecule has 0 radical (unpaired) electrons. The second-order valence-corrected chi connectivity index (χ2v) is 8.49. The molecule has 2 N–H and O–H groups in total. The summed E-state index contributed by atoms with van der Waals surface area (Å²) in [6.45, 7) is 2.14. The molecule has 0 aliphatic carbocycles. The second kappa shape index (κ2) is 10.2. The van der Waals surface area contributed by atoms with Crippen LogP contribution >= 0.6 is 39.1 Å². The normalized spacial score (nSPS) is 11.6. The number of halogens is 3. The minimum atomic E-state index is -1.26. The molecular weight excluding hydrogens is 505 g/mol. The van der Waals surface area contributed by atoms with E-state index >= 15 is 0 Å². The zero-order chi connectivity index (χ0) is 22.5. The van der Waals surface area contributed by atoms with Gasteiger partial charge in [-0.3, -0.25) is 4.79 Å². The highest BCUT2D eigenvalue weighted by atomic mass is 79.9. The predicted molar refractivity (Wildman–Crippen MR) is 125 cm³/mol. The Morgan fingerprint density at radius 2 is 1.81 bits per heavy atom. The van der Waals surface area contributed by atoms with Crippen LogP contribution in [0, 0.1) is 0 Å². The molecule has 3 aromatic rings. The molecule has 3 rings (SSSR count). The smallest absolute Gasteiger partial charge is 0.339 e. The third-order valence-corrected chi connectivity index (χ3v) is 5.75. The first kappa shape index (κ1) is 23.1. The quantitative estimate of drug-likeness (QED) is 0.358. The van der Waals surface area contributed by atoms with Gasteiger partial charge in [-0.25, -0.2) is 4.79 Å². The van der Waals surface area contributed by atoms with E-state index in [-0.39, 0.29) is 21.3 Å². The van der Waals surface area contributed by atoms with Crippen molar-refractivity contribution >= 4 is 56.7 Å². The van der Waals surface area contributed by atoms with E-state index in [2.05, 4.69) is 21.2 Å². The van der Waals surface area contributed by atoms with Gasteiger partial charge in [-0.2, -0.15) is 0 Å². The Labute approximate surface area is 198 Å². The third kappa shape index (κ3) is 5.79. The summed E-state index contributed by atoms with van der Waals surface area (Å²) in [5.41, 5.74) is 1.60. The molecule has 1 amide bonds. The van der Waals surface area contributed by atoms with Crippen molar-refractivity contribution in [1.29, 1.82) is 0 Å². The van der Waals surface area contributed by atoms with E-state index in [1.807, 2.05) is 30.3 Å². The van der Waals surface area contributed by atoms with Crippen molar-refractivity contribution in [3.05, 3.63) is 91.9 Å². The largest absolute Gasteiger partial charge is 0.488 e. The van der Waals surface area contributed by atoms with Crippen LogP contribution in [0.3, 0.4) is 0 Å². The summed E-state index contributed by atoms with van der Waals surface area (Å²) in [5.74, 6) is -1.58. The van der Waals surface area contributed by atoms with Gasteiger partial charge in [-0.1, -0.05) is 59.6 Å². The third-order valence-electron chi connectivity index (χ3n) is 4.61. The van der Waals surface area contributed by atoms with Gasteiger partial charge in [0.25, 0.3) is 0 Å². The number of benzene rings is 3. The minimum Gasteiger partial charge on any atom is -0.488 e. The van der Waals surface area contributed by atoms with E-state index in [0.29, 0.717) is 16.8 Å². The summed E-state index contributed by atoms with van der Waals surface area (Å²) in [6, 6.07) is 17.8. The summed E-state index contributed by atoms with van der Waals surface area (Å²) < 4.78 is 6.55. The number of carboxylic acid groups (broad SMARTS) is 1. The zero-order valence-corrected chi connectivity index (χ0v) is 19.5. The van der Waals surface area contributed by atoms with E-state index in [1.54, 1.807) is 25.1 Å². The molecule has 0 fully saturated rings. The van der Waals surface area contributed by atoms with E-state index in [4.69, 9.17) is 27.9 Å². The first-order chi connectivity index (χ1) is 14.8. The number of nitrogens with one attached hydrogen (secondary N) is 1. The van der Waals surface area contributed by atoms with Gasteiger partial charge < -0.3 is 15.2 Å². The van der Waals surface area contributed by atoms with Crippen LogP contribution < -0.4 is 10.1 Å². The van der Waals surface area contributed by atoms with E-state index in [1.165, 1.54) is 12.1 Å². The van der Waals surface area contributed by atoms with E-state index < -0.39 is 17.8 Å². The number of hydrogen-bond acceptors (Lipinski definition) is 3. The summed E-state index contributed by atoms with van der Waals surface area (Å²) >= 11 is 15.4. The SMILES string of the molecule is CC(C(=O)Nc1cc(Cl)cc(Cl)c1C(=O)O)c1ccc(OCc2ccccc2)c(Br)c1. The highest BCUT2D eigenvalue weighted by Crippen LogP contribution is 2.32. The summed E-state index contributed by atoms with van der Waals surface area (Å²) in [4.78, 5) is 24.3. The molecule has 0 heterocycles. The number of carbonyl (C=O) groups is 2. The maximum Gasteiger partial charge on any atom is 0.339 e. The molecule has 1 unspecified atom stereocenters. The Morgan fingerprint density at radius 1 is 1.10 bits per heavy atom. The van der Waals surface area contributed by atoms with Gasteiger partial charge in [0.1, 0.15) is 17.9 Å². The van der Waals surface area contributed by atoms with Crippen molar-refractivity contribution in [2.45, 2.75) is 19.4 Å². The molecule has 160 valence electrons. The van der Waals surface area contributed by atoms with Crippen molar-refractivity contribution in [2.75, 3.05) is 5.32 Å². The molecule has 1 atom stereocenters. The number of hydrogen-bond donors (Lipinski definition) is 2. The Morgan fingerprint density at radius 3 is 2.45 bits per heavy atom. The standard InChI is InChI=1S/C23H18BrCl2NO4/c1-13(22(28)27-19-11-16(25)10-18(26)21(19)23(29)30)15-7-8-20(17(24)9-15)31-12-14-5-3-2-4-6-14/h2-11,13H,12H2,1H3,(H,27,28)(H,29,30). The van der Waals surface area contributed by atoms with Crippen LogP contribution in [0.25, 0.3) is 0 Å². The Balaban J connectivity index is 1.74. The lowest BCUT2D eigenvalue weighted by atomic mass is 10.00. The van der Waals surface area contributed by atoms with Crippen LogP contribution in [-0.4, -0.2) is 17.0 Å².